The van der Waals surface area contributed by atoms with Gasteiger partial charge in [0, 0.05) is 30.2 Å². The standard InChI is InChI=1S/C22H20N4O2S/c1-14-17(13-23-25(14)2)19-12-18(24-28-19)22(27)26-10-8-20-16(9-11-29-20)21(26)15-6-4-3-5-7-15/h3-7,9,11-13,21H,8,10H2,1-2H3/t21-/m1/s1. The Morgan fingerprint density at radius 3 is 2.83 bits per heavy atom. The summed E-state index contributed by atoms with van der Waals surface area (Å²) in [5.41, 5.74) is 4.43. The molecule has 1 aliphatic rings. The molecule has 4 heterocycles. The molecule has 5 rings (SSSR count). The van der Waals surface area contributed by atoms with Crippen molar-refractivity contribution >= 4 is 17.2 Å². The molecule has 1 aromatic carbocycles. The Balaban J connectivity index is 1.51. The quantitative estimate of drug-likeness (QED) is 0.513. The summed E-state index contributed by atoms with van der Waals surface area (Å²) in [5.74, 6) is 0.440. The highest BCUT2D eigenvalue weighted by molar-refractivity contribution is 7.10. The van der Waals surface area contributed by atoms with Gasteiger partial charge in [0.2, 0.25) is 0 Å². The summed E-state index contributed by atoms with van der Waals surface area (Å²) in [6.07, 6.45) is 2.59. The molecule has 0 N–H and O–H groups in total. The Morgan fingerprint density at radius 1 is 1.24 bits per heavy atom. The SMILES string of the molecule is Cc1c(-c2cc(C(=O)N3CCc4sccc4[C@H]3c3ccccc3)no2)cnn1C. The van der Waals surface area contributed by atoms with E-state index in [1.165, 1.54) is 10.4 Å². The molecule has 7 heteroatoms. The van der Waals surface area contributed by atoms with Crippen molar-refractivity contribution in [2.45, 2.75) is 19.4 Å². The summed E-state index contributed by atoms with van der Waals surface area (Å²) in [5, 5.41) is 10.4. The molecule has 0 radical (unpaired) electrons. The van der Waals surface area contributed by atoms with Gasteiger partial charge in [-0.2, -0.15) is 5.10 Å². The van der Waals surface area contributed by atoms with Crippen molar-refractivity contribution < 1.29 is 9.32 Å². The molecule has 0 fully saturated rings. The molecular formula is C22H20N4O2S. The molecule has 0 unspecified atom stereocenters. The van der Waals surface area contributed by atoms with E-state index in [1.807, 2.05) is 37.1 Å². The van der Waals surface area contributed by atoms with Crippen LogP contribution in [-0.2, 0) is 13.5 Å². The molecule has 4 aromatic rings. The molecule has 1 atom stereocenters. The van der Waals surface area contributed by atoms with Crippen LogP contribution in [0.1, 0.15) is 38.2 Å². The Kier molecular flexibility index (Phi) is 4.32. The van der Waals surface area contributed by atoms with Crippen LogP contribution >= 0.6 is 11.3 Å². The number of nitrogens with zero attached hydrogens (tertiary/aromatic N) is 4. The second kappa shape index (κ2) is 7.00. The number of hydrogen-bond acceptors (Lipinski definition) is 5. The van der Waals surface area contributed by atoms with Crippen molar-refractivity contribution in [1.29, 1.82) is 0 Å². The molecule has 6 nitrogen and oxygen atoms in total. The lowest BCUT2D eigenvalue weighted by Crippen LogP contribution is -2.40. The zero-order valence-electron chi connectivity index (χ0n) is 16.2. The summed E-state index contributed by atoms with van der Waals surface area (Å²) in [6.45, 7) is 2.61. The first kappa shape index (κ1) is 17.9. The second-order valence-corrected chi connectivity index (χ2v) is 8.21. The zero-order chi connectivity index (χ0) is 20.0. The summed E-state index contributed by atoms with van der Waals surface area (Å²) < 4.78 is 7.27. The maximum Gasteiger partial charge on any atom is 0.276 e. The highest BCUT2D eigenvalue weighted by atomic mass is 32.1. The molecule has 1 aliphatic heterocycles. The van der Waals surface area contributed by atoms with Crippen LogP contribution in [0.25, 0.3) is 11.3 Å². The number of hydrogen-bond donors (Lipinski definition) is 0. The van der Waals surface area contributed by atoms with Gasteiger partial charge in [0.1, 0.15) is 0 Å². The van der Waals surface area contributed by atoms with Crippen LogP contribution in [0.3, 0.4) is 0 Å². The second-order valence-electron chi connectivity index (χ2n) is 7.20. The Labute approximate surface area is 172 Å². The van der Waals surface area contributed by atoms with E-state index in [1.54, 1.807) is 28.3 Å². The van der Waals surface area contributed by atoms with Crippen molar-refractivity contribution in [2.75, 3.05) is 6.54 Å². The average molecular weight is 404 g/mol. The molecule has 0 bridgehead atoms. The van der Waals surface area contributed by atoms with Crippen LogP contribution in [0, 0.1) is 6.92 Å². The number of benzene rings is 1. The first-order valence-electron chi connectivity index (χ1n) is 9.51. The van der Waals surface area contributed by atoms with E-state index < -0.39 is 0 Å². The molecule has 146 valence electrons. The Morgan fingerprint density at radius 2 is 2.07 bits per heavy atom. The topological polar surface area (TPSA) is 64.2 Å². The van der Waals surface area contributed by atoms with E-state index in [4.69, 9.17) is 4.52 Å². The predicted octanol–water partition coefficient (Wildman–Crippen LogP) is 4.23. The van der Waals surface area contributed by atoms with Gasteiger partial charge >= 0.3 is 0 Å². The number of aromatic nitrogens is 3. The molecule has 0 saturated heterocycles. The van der Waals surface area contributed by atoms with Crippen LogP contribution in [0.15, 0.2) is 58.6 Å². The minimum absolute atomic E-state index is 0.112. The van der Waals surface area contributed by atoms with Gasteiger partial charge in [-0.1, -0.05) is 35.5 Å². The zero-order valence-corrected chi connectivity index (χ0v) is 17.0. The largest absolute Gasteiger partial charge is 0.355 e. The maximum atomic E-state index is 13.4. The molecule has 0 saturated carbocycles. The van der Waals surface area contributed by atoms with Crippen LogP contribution in [0.4, 0.5) is 0 Å². The minimum Gasteiger partial charge on any atom is -0.355 e. The number of rotatable bonds is 3. The number of amides is 1. The number of carbonyl (C=O) groups is 1. The van der Waals surface area contributed by atoms with E-state index in [0.29, 0.717) is 18.0 Å². The van der Waals surface area contributed by atoms with Gasteiger partial charge < -0.3 is 9.42 Å². The summed E-state index contributed by atoms with van der Waals surface area (Å²) in [4.78, 5) is 16.7. The van der Waals surface area contributed by atoms with Gasteiger partial charge in [0.25, 0.3) is 5.91 Å². The lowest BCUT2D eigenvalue weighted by molar-refractivity contribution is 0.0685. The fourth-order valence-electron chi connectivity index (χ4n) is 3.92. The van der Waals surface area contributed by atoms with Gasteiger partial charge in [-0.3, -0.25) is 9.48 Å². The van der Waals surface area contributed by atoms with Crippen molar-refractivity contribution in [3.05, 3.63) is 81.4 Å². The molecular weight excluding hydrogens is 384 g/mol. The van der Waals surface area contributed by atoms with Crippen LogP contribution in [-0.4, -0.2) is 32.3 Å². The van der Waals surface area contributed by atoms with Crippen LogP contribution < -0.4 is 0 Å². The van der Waals surface area contributed by atoms with E-state index in [-0.39, 0.29) is 11.9 Å². The normalized spacial score (nSPS) is 16.1. The lowest BCUT2D eigenvalue weighted by atomic mass is 9.93. The van der Waals surface area contributed by atoms with Crippen molar-refractivity contribution in [1.82, 2.24) is 19.8 Å². The van der Waals surface area contributed by atoms with Gasteiger partial charge in [0.05, 0.1) is 17.8 Å². The fourth-order valence-corrected chi connectivity index (χ4v) is 4.82. The van der Waals surface area contributed by atoms with Gasteiger partial charge in [-0.15, -0.1) is 11.3 Å². The highest BCUT2D eigenvalue weighted by Crippen LogP contribution is 2.38. The highest BCUT2D eigenvalue weighted by Gasteiger charge is 2.34. The predicted molar refractivity (Wildman–Crippen MR) is 111 cm³/mol. The van der Waals surface area contributed by atoms with E-state index >= 15 is 0 Å². The first-order chi connectivity index (χ1) is 14.1. The van der Waals surface area contributed by atoms with E-state index in [9.17, 15) is 4.79 Å². The number of thiophene rings is 1. The average Bonchev–Trinajstić information content (AvgIpc) is 3.48. The third-order valence-electron chi connectivity index (χ3n) is 5.57. The third kappa shape index (κ3) is 2.98. The number of aryl methyl sites for hydroxylation is 1. The van der Waals surface area contributed by atoms with Crippen molar-refractivity contribution in [3.63, 3.8) is 0 Å². The van der Waals surface area contributed by atoms with Crippen molar-refractivity contribution in [2.24, 2.45) is 7.05 Å². The molecule has 0 aliphatic carbocycles. The summed E-state index contributed by atoms with van der Waals surface area (Å²) in [6, 6.07) is 13.9. The lowest BCUT2D eigenvalue weighted by Gasteiger charge is -2.35. The molecule has 0 spiro atoms. The first-order valence-corrected chi connectivity index (χ1v) is 10.4. The van der Waals surface area contributed by atoms with Crippen LogP contribution in [0.2, 0.25) is 0 Å². The fraction of sp³-hybridized carbons (Fsp3) is 0.227. The van der Waals surface area contributed by atoms with Gasteiger partial charge in [-0.05, 0) is 35.9 Å². The molecule has 1 amide bonds. The van der Waals surface area contributed by atoms with Gasteiger partial charge in [-0.25, -0.2) is 0 Å². The molecule has 3 aromatic heterocycles. The number of fused-ring (bicyclic) bond motifs is 1. The van der Waals surface area contributed by atoms with E-state index in [0.717, 1.165) is 23.2 Å². The Hall–Kier alpha value is -3.19. The minimum atomic E-state index is -0.118. The Bertz CT molecular complexity index is 1170. The summed E-state index contributed by atoms with van der Waals surface area (Å²) in [7, 11) is 1.87. The monoisotopic (exact) mass is 404 g/mol. The smallest absolute Gasteiger partial charge is 0.276 e. The maximum absolute atomic E-state index is 13.4. The van der Waals surface area contributed by atoms with Gasteiger partial charge in [0.15, 0.2) is 11.5 Å². The molecule has 29 heavy (non-hydrogen) atoms. The van der Waals surface area contributed by atoms with Crippen LogP contribution in [0.5, 0.6) is 0 Å². The third-order valence-corrected chi connectivity index (χ3v) is 6.57. The van der Waals surface area contributed by atoms with Crippen molar-refractivity contribution in [3.8, 4) is 11.3 Å². The summed E-state index contributed by atoms with van der Waals surface area (Å²) >= 11 is 1.76. The van der Waals surface area contributed by atoms with E-state index in [2.05, 4.69) is 33.8 Å². The number of carbonyl (C=O) groups excluding carboxylic acids is 1.